The SMILES string of the molecule is [2H]C([2H])(O[P@@](=O)(N[C@@H](C)C(=O)OC(C)C)Oc1ccccc1)[C@@H]1O[C@H](n2cc(C)c(=O)[nH]c2=S)[C@H](Cl)C1O. The number of benzene rings is 1. The van der Waals surface area contributed by atoms with Crippen LogP contribution < -0.4 is 15.2 Å². The average molecular weight is 564 g/mol. The average Bonchev–Trinajstić information content (AvgIpc) is 3.11. The molecule has 1 aliphatic heterocycles. The molecule has 36 heavy (non-hydrogen) atoms. The summed E-state index contributed by atoms with van der Waals surface area (Å²) in [6.07, 6.45) is -3.76. The van der Waals surface area contributed by atoms with Gasteiger partial charge in [-0.3, -0.25) is 23.7 Å². The van der Waals surface area contributed by atoms with Crippen molar-refractivity contribution in [1.82, 2.24) is 14.6 Å². The number of ether oxygens (including phenoxy) is 2. The Morgan fingerprint density at radius 1 is 1.39 bits per heavy atom. The fourth-order valence-electron chi connectivity index (χ4n) is 3.17. The number of carbonyl (C=O) groups is 1. The first kappa shape index (κ1) is 25.6. The molecule has 2 aromatic rings. The van der Waals surface area contributed by atoms with Crippen molar-refractivity contribution in [3.05, 3.63) is 57.2 Å². The molecule has 198 valence electrons. The predicted molar refractivity (Wildman–Crippen MR) is 135 cm³/mol. The van der Waals surface area contributed by atoms with E-state index in [1.165, 1.54) is 36.7 Å². The van der Waals surface area contributed by atoms with Crippen LogP contribution in [0.5, 0.6) is 5.75 Å². The van der Waals surface area contributed by atoms with Crippen LogP contribution in [0.25, 0.3) is 0 Å². The molecule has 0 radical (unpaired) electrons. The molecule has 0 bridgehead atoms. The van der Waals surface area contributed by atoms with Gasteiger partial charge in [0.25, 0.3) is 5.56 Å². The molecule has 1 saturated heterocycles. The van der Waals surface area contributed by atoms with Gasteiger partial charge in [-0.25, -0.2) is 4.57 Å². The largest absolute Gasteiger partial charge is 0.462 e. The monoisotopic (exact) mass is 563 g/mol. The first-order valence-corrected chi connectivity index (χ1v) is 13.4. The highest BCUT2D eigenvalue weighted by atomic mass is 35.5. The van der Waals surface area contributed by atoms with Crippen LogP contribution >= 0.6 is 31.6 Å². The Hall–Kier alpha value is -2.05. The Kier molecular flexibility index (Phi) is 8.53. The van der Waals surface area contributed by atoms with Gasteiger partial charge in [-0.1, -0.05) is 18.2 Å². The maximum atomic E-state index is 13.8. The fraction of sp³-hybridized carbons (Fsp3) is 0.500. The van der Waals surface area contributed by atoms with Gasteiger partial charge in [0.2, 0.25) is 0 Å². The van der Waals surface area contributed by atoms with Crippen LogP contribution in [0, 0.1) is 11.7 Å². The van der Waals surface area contributed by atoms with Crippen LogP contribution in [0.1, 0.15) is 35.3 Å². The Labute approximate surface area is 221 Å². The number of nitrogens with zero attached hydrogens (tertiary/aromatic N) is 1. The number of para-hydroxylation sites is 1. The molecule has 11 nitrogen and oxygen atoms in total. The van der Waals surface area contributed by atoms with Crippen LogP contribution in [0.4, 0.5) is 0 Å². The number of H-pyrrole nitrogens is 1. The molecule has 0 aliphatic carbocycles. The highest BCUT2D eigenvalue weighted by Gasteiger charge is 2.45. The number of aliphatic hydroxyl groups excluding tert-OH is 1. The second kappa shape index (κ2) is 12.0. The van der Waals surface area contributed by atoms with Gasteiger partial charge >= 0.3 is 13.7 Å². The molecule has 2 heterocycles. The fourth-order valence-corrected chi connectivity index (χ4v) is 5.10. The van der Waals surface area contributed by atoms with Crippen molar-refractivity contribution in [2.24, 2.45) is 0 Å². The topological polar surface area (TPSA) is 141 Å². The van der Waals surface area contributed by atoms with E-state index in [0.29, 0.717) is 0 Å². The van der Waals surface area contributed by atoms with Gasteiger partial charge in [-0.15, -0.1) is 11.6 Å². The van der Waals surface area contributed by atoms with E-state index in [1.807, 2.05) is 0 Å². The van der Waals surface area contributed by atoms with Crippen LogP contribution in [-0.2, 0) is 23.4 Å². The number of alkyl halides is 1. The van der Waals surface area contributed by atoms with Gasteiger partial charge in [-0.2, -0.15) is 5.09 Å². The molecule has 1 fully saturated rings. The van der Waals surface area contributed by atoms with Gasteiger partial charge in [0, 0.05) is 11.8 Å². The maximum absolute atomic E-state index is 13.8. The van der Waals surface area contributed by atoms with E-state index in [-0.39, 0.29) is 16.1 Å². The third kappa shape index (κ3) is 7.04. The zero-order valence-electron chi connectivity index (χ0n) is 21.9. The maximum Gasteiger partial charge on any atom is 0.459 e. The normalized spacial score (nSPS) is 25.5. The number of hydrogen-bond donors (Lipinski definition) is 3. The number of halogens is 1. The van der Waals surface area contributed by atoms with Crippen molar-refractivity contribution in [3.63, 3.8) is 0 Å². The second-order valence-corrected chi connectivity index (χ2v) is 10.8. The summed E-state index contributed by atoms with van der Waals surface area (Å²) in [7, 11) is -4.67. The van der Waals surface area contributed by atoms with Crippen LogP contribution in [0.2, 0.25) is 0 Å². The Morgan fingerprint density at radius 2 is 2.06 bits per heavy atom. The number of hydrogen-bond acceptors (Lipinski definition) is 9. The van der Waals surface area contributed by atoms with E-state index in [0.717, 1.165) is 0 Å². The Balaban J connectivity index is 1.90. The zero-order chi connectivity index (χ0) is 28.4. The number of aromatic amines is 1. The van der Waals surface area contributed by atoms with Crippen molar-refractivity contribution < 1.29 is 35.7 Å². The van der Waals surface area contributed by atoms with E-state index in [4.69, 9.17) is 45.1 Å². The molecular formula is C22H29ClN3O8PS. The smallest absolute Gasteiger partial charge is 0.459 e. The molecule has 1 aromatic carbocycles. The number of esters is 1. The van der Waals surface area contributed by atoms with E-state index < -0.39 is 61.8 Å². The molecule has 6 atom stereocenters. The summed E-state index contributed by atoms with van der Waals surface area (Å²) >= 11 is 11.5. The third-order valence-corrected chi connectivity index (χ3v) is 7.22. The second-order valence-electron chi connectivity index (χ2n) is 8.31. The lowest BCUT2D eigenvalue weighted by Gasteiger charge is -2.25. The van der Waals surface area contributed by atoms with Gasteiger partial charge in [0.05, 0.1) is 15.4 Å². The summed E-state index contributed by atoms with van der Waals surface area (Å²) in [5.74, 6) is -0.721. The molecule has 1 aromatic heterocycles. The molecule has 3 N–H and O–H groups in total. The van der Waals surface area contributed by atoms with E-state index in [2.05, 4.69) is 10.1 Å². The summed E-state index contributed by atoms with van der Waals surface area (Å²) in [6.45, 7) is 3.16. The summed E-state index contributed by atoms with van der Waals surface area (Å²) in [5, 5.41) is 11.9. The third-order valence-electron chi connectivity index (χ3n) is 4.93. The number of nitrogens with one attached hydrogen (secondary N) is 2. The highest BCUT2D eigenvalue weighted by molar-refractivity contribution is 7.71. The number of aromatic nitrogens is 2. The van der Waals surface area contributed by atoms with Crippen LogP contribution in [-0.4, -0.2) is 56.9 Å². The first-order chi connectivity index (χ1) is 17.6. The molecule has 0 amide bonds. The van der Waals surface area contributed by atoms with Crippen molar-refractivity contribution in [2.45, 2.75) is 63.7 Å². The standard InChI is InChI=1S/C22H29ClN3O8PS/c1-12(2)32-21(29)14(4)25-35(30,34-15-8-6-5-7-9-15)31-11-16-18(27)17(23)20(33-16)26-10-13(3)19(28)24-22(26)36/h5-10,12,14,16-18,20,27H,11H2,1-4H3,(H,25,30)(H,24,28,36)/t14-,16-,17+,18?,20-,35-/m0/s1/i11D2. The quantitative estimate of drug-likeness (QED) is 0.171. The first-order valence-electron chi connectivity index (χ1n) is 12.0. The summed E-state index contributed by atoms with van der Waals surface area (Å²) in [5.41, 5.74) is -0.156. The minimum atomic E-state index is -4.67. The van der Waals surface area contributed by atoms with E-state index in [9.17, 15) is 19.3 Å². The number of carbonyl (C=O) groups excluding carboxylic acids is 1. The van der Waals surface area contributed by atoms with E-state index in [1.54, 1.807) is 32.0 Å². The lowest BCUT2D eigenvalue weighted by atomic mass is 10.2. The minimum Gasteiger partial charge on any atom is -0.462 e. The van der Waals surface area contributed by atoms with Crippen LogP contribution in [0.15, 0.2) is 41.3 Å². The van der Waals surface area contributed by atoms with E-state index >= 15 is 0 Å². The minimum absolute atomic E-state index is 0.0552. The van der Waals surface area contributed by atoms with Crippen molar-refractivity contribution in [2.75, 3.05) is 6.56 Å². The zero-order valence-corrected chi connectivity index (χ0v) is 22.4. The number of aryl methyl sites for hydroxylation is 1. The van der Waals surface area contributed by atoms with Gasteiger partial charge < -0.3 is 19.1 Å². The summed E-state index contributed by atoms with van der Waals surface area (Å²) < 4.78 is 53.7. The predicted octanol–water partition coefficient (Wildman–Crippen LogP) is 3.21. The highest BCUT2D eigenvalue weighted by Crippen LogP contribution is 2.46. The van der Waals surface area contributed by atoms with Gasteiger partial charge in [-0.05, 0) is 52.0 Å². The molecule has 3 rings (SSSR count). The van der Waals surface area contributed by atoms with Gasteiger partial charge in [0.1, 0.15) is 29.4 Å². The van der Waals surface area contributed by atoms with Crippen molar-refractivity contribution in [3.8, 4) is 5.75 Å². The van der Waals surface area contributed by atoms with Crippen molar-refractivity contribution >= 4 is 37.5 Å². The molecule has 1 unspecified atom stereocenters. The molecule has 0 saturated carbocycles. The number of aliphatic hydroxyl groups is 1. The molecule has 0 spiro atoms. The summed E-state index contributed by atoms with van der Waals surface area (Å²) in [6, 6.07) is 6.54. The Morgan fingerprint density at radius 3 is 2.69 bits per heavy atom. The van der Waals surface area contributed by atoms with Gasteiger partial charge in [0.15, 0.2) is 11.0 Å². The van der Waals surface area contributed by atoms with Crippen molar-refractivity contribution in [1.29, 1.82) is 0 Å². The summed E-state index contributed by atoms with van der Waals surface area (Å²) in [4.78, 5) is 26.7. The number of rotatable bonds is 10. The molecule has 14 heteroatoms. The molecule has 1 aliphatic rings. The lowest BCUT2D eigenvalue weighted by Crippen LogP contribution is -2.37. The Bertz CT molecular complexity index is 1310. The lowest BCUT2D eigenvalue weighted by molar-refractivity contribution is -0.149. The molecular weight excluding hydrogens is 533 g/mol. The van der Waals surface area contributed by atoms with Crippen LogP contribution in [0.3, 0.4) is 0 Å².